The summed E-state index contributed by atoms with van der Waals surface area (Å²) in [5.74, 6) is 0.633. The molecule has 1 fully saturated rings. The Morgan fingerprint density at radius 1 is 0.967 bits per heavy atom. The zero-order valence-corrected chi connectivity index (χ0v) is 18.3. The van der Waals surface area contributed by atoms with Gasteiger partial charge in [-0.15, -0.1) is 0 Å². The predicted octanol–water partition coefficient (Wildman–Crippen LogP) is 3.41. The van der Waals surface area contributed by atoms with Crippen LogP contribution in [0, 0.1) is 0 Å². The first-order chi connectivity index (χ1) is 14.4. The van der Waals surface area contributed by atoms with E-state index in [-0.39, 0.29) is 18.4 Å². The van der Waals surface area contributed by atoms with Crippen LogP contribution in [0.5, 0.6) is 11.5 Å². The van der Waals surface area contributed by atoms with Gasteiger partial charge in [-0.25, -0.2) is 0 Å². The minimum absolute atomic E-state index is 0.0951. The molecule has 2 aromatic rings. The summed E-state index contributed by atoms with van der Waals surface area (Å²) in [7, 11) is 3.02. The first kappa shape index (κ1) is 22.2. The fraction of sp³-hybridized carbons (Fsp3) is 0.333. The molecular weight excluding hydrogens is 429 g/mol. The minimum atomic E-state index is -0.194. The number of halogens is 2. The number of carbonyl (C=O) groups excluding carboxylic acids is 2. The van der Waals surface area contributed by atoms with E-state index in [1.807, 2.05) is 4.90 Å². The highest BCUT2D eigenvalue weighted by atomic mass is 35.5. The van der Waals surface area contributed by atoms with Crippen LogP contribution in [-0.4, -0.2) is 68.6 Å². The lowest BCUT2D eigenvalue weighted by atomic mass is 10.2. The largest absolute Gasteiger partial charge is 0.495 e. The Morgan fingerprint density at radius 3 is 2.27 bits per heavy atom. The topological polar surface area (TPSA) is 71.1 Å². The molecule has 30 heavy (non-hydrogen) atoms. The highest BCUT2D eigenvalue weighted by molar-refractivity contribution is 6.33. The molecule has 0 saturated carbocycles. The van der Waals surface area contributed by atoms with Crippen LogP contribution >= 0.6 is 23.2 Å². The first-order valence-corrected chi connectivity index (χ1v) is 10.2. The van der Waals surface area contributed by atoms with Gasteiger partial charge in [-0.05, 0) is 18.2 Å². The van der Waals surface area contributed by atoms with E-state index in [1.165, 1.54) is 14.2 Å². The summed E-state index contributed by atoms with van der Waals surface area (Å²) in [6.45, 7) is 2.42. The molecule has 2 aromatic carbocycles. The van der Waals surface area contributed by atoms with Gasteiger partial charge in [0.15, 0.2) is 0 Å². The van der Waals surface area contributed by atoms with Crippen molar-refractivity contribution in [2.75, 3.05) is 52.3 Å². The second-order valence-corrected chi connectivity index (χ2v) is 7.60. The zero-order valence-electron chi connectivity index (χ0n) is 16.8. The van der Waals surface area contributed by atoms with Gasteiger partial charge in [0.25, 0.3) is 5.91 Å². The number of nitrogens with one attached hydrogen (secondary N) is 1. The van der Waals surface area contributed by atoms with Gasteiger partial charge in [-0.3, -0.25) is 14.5 Å². The molecule has 3 rings (SSSR count). The molecule has 7 nitrogen and oxygen atoms in total. The number of methoxy groups -OCH3 is 2. The van der Waals surface area contributed by atoms with E-state index in [2.05, 4.69) is 5.32 Å². The van der Waals surface area contributed by atoms with Crippen LogP contribution in [0.3, 0.4) is 0 Å². The summed E-state index contributed by atoms with van der Waals surface area (Å²) in [5.41, 5.74) is 0.967. The van der Waals surface area contributed by atoms with Gasteiger partial charge >= 0.3 is 0 Å². The van der Waals surface area contributed by atoms with Gasteiger partial charge in [0, 0.05) is 32.2 Å². The van der Waals surface area contributed by atoms with Crippen molar-refractivity contribution >= 4 is 40.7 Å². The molecule has 1 N–H and O–H groups in total. The molecule has 0 atom stereocenters. The van der Waals surface area contributed by atoms with Crippen LogP contribution in [0.2, 0.25) is 10.0 Å². The standard InChI is InChI=1S/C21H23Cl2N3O4/c1-29-18-12-19(30-2)17(11-16(18)23)24-20(27)13-25-7-9-26(10-8-25)21(28)14-5-3-4-6-15(14)22/h3-6,11-12H,7-10,13H2,1-2H3,(H,24,27). The average Bonchev–Trinajstić information content (AvgIpc) is 2.74. The Morgan fingerprint density at radius 2 is 1.63 bits per heavy atom. The molecule has 0 bridgehead atoms. The van der Waals surface area contributed by atoms with Crippen LogP contribution in [0.25, 0.3) is 0 Å². The van der Waals surface area contributed by atoms with E-state index in [4.69, 9.17) is 32.7 Å². The van der Waals surface area contributed by atoms with Crippen LogP contribution in [0.4, 0.5) is 5.69 Å². The van der Waals surface area contributed by atoms with E-state index in [0.29, 0.717) is 59.0 Å². The van der Waals surface area contributed by atoms with Crippen molar-refractivity contribution < 1.29 is 19.1 Å². The van der Waals surface area contributed by atoms with Crippen LogP contribution in [-0.2, 0) is 4.79 Å². The third-order valence-corrected chi connectivity index (χ3v) is 5.50. The highest BCUT2D eigenvalue weighted by Crippen LogP contribution is 2.35. The number of hydrogen-bond acceptors (Lipinski definition) is 5. The van der Waals surface area contributed by atoms with Crippen molar-refractivity contribution in [3.8, 4) is 11.5 Å². The zero-order chi connectivity index (χ0) is 21.7. The predicted molar refractivity (Wildman–Crippen MR) is 117 cm³/mol. The van der Waals surface area contributed by atoms with Crippen LogP contribution in [0.15, 0.2) is 36.4 Å². The monoisotopic (exact) mass is 451 g/mol. The quantitative estimate of drug-likeness (QED) is 0.728. The molecular formula is C21H23Cl2N3O4. The molecule has 1 heterocycles. The molecule has 0 radical (unpaired) electrons. The normalized spacial score (nSPS) is 14.3. The van der Waals surface area contributed by atoms with Crippen molar-refractivity contribution in [1.82, 2.24) is 9.80 Å². The summed E-state index contributed by atoms with van der Waals surface area (Å²) in [4.78, 5) is 28.9. The van der Waals surface area contributed by atoms with Gasteiger partial charge in [-0.2, -0.15) is 0 Å². The Balaban J connectivity index is 1.55. The Bertz CT molecular complexity index is 930. The lowest BCUT2D eigenvalue weighted by molar-refractivity contribution is -0.117. The smallest absolute Gasteiger partial charge is 0.255 e. The highest BCUT2D eigenvalue weighted by Gasteiger charge is 2.24. The average molecular weight is 452 g/mol. The Kier molecular flexibility index (Phi) is 7.42. The maximum absolute atomic E-state index is 12.7. The lowest BCUT2D eigenvalue weighted by Crippen LogP contribution is -2.50. The summed E-state index contributed by atoms with van der Waals surface area (Å²) in [6, 6.07) is 10.2. The molecule has 2 amide bonds. The molecule has 0 spiro atoms. The summed E-state index contributed by atoms with van der Waals surface area (Å²) >= 11 is 12.3. The minimum Gasteiger partial charge on any atom is -0.495 e. The Hall–Kier alpha value is -2.48. The fourth-order valence-corrected chi connectivity index (χ4v) is 3.72. The number of piperazine rings is 1. The number of carbonyl (C=O) groups is 2. The van der Waals surface area contributed by atoms with Gasteiger partial charge in [0.1, 0.15) is 11.5 Å². The number of amides is 2. The molecule has 9 heteroatoms. The van der Waals surface area contributed by atoms with Crippen LogP contribution < -0.4 is 14.8 Å². The number of anilines is 1. The third-order valence-electron chi connectivity index (χ3n) is 4.88. The molecule has 0 aromatic heterocycles. The summed E-state index contributed by atoms with van der Waals surface area (Å²) in [6.07, 6.45) is 0. The van der Waals surface area contributed by atoms with E-state index in [9.17, 15) is 9.59 Å². The van der Waals surface area contributed by atoms with Crippen molar-refractivity contribution in [3.63, 3.8) is 0 Å². The van der Waals surface area contributed by atoms with Gasteiger partial charge < -0.3 is 19.7 Å². The van der Waals surface area contributed by atoms with Gasteiger partial charge in [0.2, 0.25) is 5.91 Å². The fourth-order valence-electron chi connectivity index (χ4n) is 3.26. The summed E-state index contributed by atoms with van der Waals surface area (Å²) in [5, 5.41) is 3.64. The van der Waals surface area contributed by atoms with E-state index >= 15 is 0 Å². The second-order valence-electron chi connectivity index (χ2n) is 6.78. The molecule has 1 aliphatic rings. The SMILES string of the molecule is COc1cc(OC)c(NC(=O)CN2CCN(C(=O)c3ccccc3Cl)CC2)cc1Cl. The first-order valence-electron chi connectivity index (χ1n) is 9.40. The van der Waals surface area contributed by atoms with Crippen molar-refractivity contribution in [1.29, 1.82) is 0 Å². The molecule has 0 unspecified atom stereocenters. The molecule has 160 valence electrons. The number of nitrogens with zero attached hydrogens (tertiary/aromatic N) is 2. The van der Waals surface area contributed by atoms with Gasteiger partial charge in [0.05, 0.1) is 42.1 Å². The van der Waals surface area contributed by atoms with Gasteiger partial charge in [-0.1, -0.05) is 35.3 Å². The van der Waals surface area contributed by atoms with Crippen LogP contribution in [0.1, 0.15) is 10.4 Å². The molecule has 1 aliphatic heterocycles. The number of benzene rings is 2. The maximum Gasteiger partial charge on any atom is 0.255 e. The number of ether oxygens (including phenoxy) is 2. The van der Waals surface area contributed by atoms with Crippen molar-refractivity contribution in [3.05, 3.63) is 52.0 Å². The van der Waals surface area contributed by atoms with E-state index in [0.717, 1.165) is 0 Å². The lowest BCUT2D eigenvalue weighted by Gasteiger charge is -2.34. The third kappa shape index (κ3) is 5.16. The summed E-state index contributed by atoms with van der Waals surface area (Å²) < 4.78 is 10.5. The maximum atomic E-state index is 12.7. The second kappa shape index (κ2) is 10.0. The van der Waals surface area contributed by atoms with Crippen molar-refractivity contribution in [2.45, 2.75) is 0 Å². The van der Waals surface area contributed by atoms with E-state index < -0.39 is 0 Å². The van der Waals surface area contributed by atoms with E-state index in [1.54, 1.807) is 41.3 Å². The number of hydrogen-bond donors (Lipinski definition) is 1. The molecule has 0 aliphatic carbocycles. The number of rotatable bonds is 6. The van der Waals surface area contributed by atoms with Crippen molar-refractivity contribution in [2.24, 2.45) is 0 Å². The molecule has 1 saturated heterocycles. The Labute approximate surface area is 185 Å².